The summed E-state index contributed by atoms with van der Waals surface area (Å²) in [6.07, 6.45) is -0.0840. The van der Waals surface area contributed by atoms with Gasteiger partial charge in [-0.05, 0) is 30.7 Å². The lowest BCUT2D eigenvalue weighted by molar-refractivity contribution is -0.141. The molecule has 2 saturated heterocycles. The maximum Gasteiger partial charge on any atom is 0.435 e. The zero-order chi connectivity index (χ0) is 31.9. The van der Waals surface area contributed by atoms with Crippen LogP contribution in [0.3, 0.4) is 0 Å². The molecule has 0 saturated carbocycles. The molecule has 2 fully saturated rings. The van der Waals surface area contributed by atoms with Crippen molar-refractivity contribution in [2.24, 2.45) is 5.92 Å². The fourth-order valence-electron chi connectivity index (χ4n) is 5.75. The molecule has 2 amide bonds. The van der Waals surface area contributed by atoms with Crippen LogP contribution >= 0.6 is 0 Å². The van der Waals surface area contributed by atoms with Gasteiger partial charge in [0.2, 0.25) is 5.91 Å². The molecule has 1 aromatic carbocycles. The van der Waals surface area contributed by atoms with Gasteiger partial charge in [0.25, 0.3) is 5.91 Å². The fraction of sp³-hybridized carbons (Fsp3) is 0.379. The second-order valence-corrected chi connectivity index (χ2v) is 11.0. The highest BCUT2D eigenvalue weighted by Crippen LogP contribution is 2.37. The number of hydrogen-bond acceptors (Lipinski definition) is 9. The molecule has 13 nitrogen and oxygen atoms in total. The Bertz CT molecular complexity index is 1800. The zero-order valence-corrected chi connectivity index (χ0v) is 24.1. The Morgan fingerprint density at radius 3 is 2.58 bits per heavy atom. The number of aromatic nitrogens is 5. The predicted molar refractivity (Wildman–Crippen MR) is 154 cm³/mol. The van der Waals surface area contributed by atoms with Gasteiger partial charge < -0.3 is 25.5 Å². The number of nitriles is 1. The lowest BCUT2D eigenvalue weighted by Gasteiger charge is -2.36. The summed E-state index contributed by atoms with van der Waals surface area (Å²) in [4.78, 5) is 38.2. The number of hydrogen-bond donors (Lipinski definition) is 3. The fourth-order valence-corrected chi connectivity index (χ4v) is 5.75. The first-order valence-corrected chi connectivity index (χ1v) is 14.2. The minimum Gasteiger partial charge on any atom is -0.391 e. The van der Waals surface area contributed by atoms with Crippen molar-refractivity contribution in [3.63, 3.8) is 0 Å². The number of rotatable bonds is 6. The Hall–Kier alpha value is -5.01. The minimum absolute atomic E-state index is 0.103. The molecular formula is C29H29F3N10O3. The number of carbonyl (C=O) groups excluding carboxylic acids is 2. The SMILES string of the molecule is Cc1cc(Nc2nccn3c(-c4cn(CC#N)nc4C(F)(F)F)cnc23)ccc1C(=O)N1CCN(C(=O)[C@H]2CNC[C@H]2O)CC1. The van der Waals surface area contributed by atoms with Crippen molar-refractivity contribution in [3.05, 3.63) is 59.8 Å². The van der Waals surface area contributed by atoms with Crippen LogP contribution in [0, 0.1) is 24.2 Å². The van der Waals surface area contributed by atoms with Gasteiger partial charge in [0.15, 0.2) is 17.2 Å². The van der Waals surface area contributed by atoms with Crippen molar-refractivity contribution >= 4 is 29.0 Å². The van der Waals surface area contributed by atoms with E-state index in [9.17, 15) is 27.9 Å². The molecule has 6 rings (SSSR count). The smallest absolute Gasteiger partial charge is 0.391 e. The highest BCUT2D eigenvalue weighted by atomic mass is 19.4. The van der Waals surface area contributed by atoms with Gasteiger partial charge >= 0.3 is 6.18 Å². The van der Waals surface area contributed by atoms with Crippen molar-refractivity contribution < 1.29 is 27.9 Å². The maximum absolute atomic E-state index is 13.8. The highest BCUT2D eigenvalue weighted by Gasteiger charge is 2.39. The summed E-state index contributed by atoms with van der Waals surface area (Å²) < 4.78 is 43.7. The van der Waals surface area contributed by atoms with Crippen LogP contribution in [-0.4, -0.2) is 96.2 Å². The first-order valence-electron chi connectivity index (χ1n) is 14.2. The number of imidazole rings is 1. The van der Waals surface area contributed by atoms with E-state index in [1.165, 1.54) is 23.0 Å². The van der Waals surface area contributed by atoms with Gasteiger partial charge in [0.05, 0.1) is 35.5 Å². The number of fused-ring (bicyclic) bond motifs is 1. The number of benzene rings is 1. The molecule has 3 N–H and O–H groups in total. The first-order chi connectivity index (χ1) is 21.5. The number of anilines is 2. The van der Waals surface area contributed by atoms with Crippen molar-refractivity contribution in [1.82, 2.24) is 39.3 Å². The van der Waals surface area contributed by atoms with Crippen LogP contribution in [0.1, 0.15) is 21.6 Å². The van der Waals surface area contributed by atoms with Crippen LogP contribution in [0.5, 0.6) is 0 Å². The van der Waals surface area contributed by atoms with Crippen LogP contribution in [-0.2, 0) is 17.5 Å². The summed E-state index contributed by atoms with van der Waals surface area (Å²) in [5.74, 6) is -0.448. The first kappa shape index (κ1) is 30.0. The third-order valence-electron chi connectivity index (χ3n) is 8.06. The second-order valence-electron chi connectivity index (χ2n) is 11.0. The lowest BCUT2D eigenvalue weighted by atomic mass is 10.0. The Morgan fingerprint density at radius 1 is 1.16 bits per heavy atom. The van der Waals surface area contributed by atoms with E-state index in [0.717, 1.165) is 10.9 Å². The van der Waals surface area contributed by atoms with Crippen molar-refractivity contribution in [2.45, 2.75) is 25.7 Å². The molecular weight excluding hydrogens is 593 g/mol. The average molecular weight is 623 g/mol. The van der Waals surface area contributed by atoms with Gasteiger partial charge in [0.1, 0.15) is 6.54 Å². The van der Waals surface area contributed by atoms with Crippen molar-refractivity contribution in [3.8, 4) is 17.3 Å². The summed E-state index contributed by atoms with van der Waals surface area (Å²) >= 11 is 0. The number of nitrogens with one attached hydrogen (secondary N) is 2. The average Bonchev–Trinajstić information content (AvgIpc) is 3.75. The Kier molecular flexibility index (Phi) is 7.89. The van der Waals surface area contributed by atoms with E-state index in [4.69, 9.17) is 5.26 Å². The van der Waals surface area contributed by atoms with Crippen LogP contribution in [0.2, 0.25) is 0 Å². The molecule has 0 spiro atoms. The van der Waals surface area contributed by atoms with Crippen molar-refractivity contribution in [2.75, 3.05) is 44.6 Å². The number of halogens is 3. The minimum atomic E-state index is -4.74. The third-order valence-corrected chi connectivity index (χ3v) is 8.06. The van der Waals surface area contributed by atoms with E-state index >= 15 is 0 Å². The van der Waals surface area contributed by atoms with E-state index in [2.05, 4.69) is 25.7 Å². The third kappa shape index (κ3) is 5.79. The number of amides is 2. The number of alkyl halides is 3. The largest absolute Gasteiger partial charge is 0.435 e. The molecule has 16 heteroatoms. The standard InChI is InChI=1S/C29H29F3N10O3/c1-17-12-18(2-3-19(17)27(44)39-8-10-40(11-9-39)28(45)20-13-34-15-23(20)43)37-25-26-36-14-22(42(26)7-5-35-25)21-16-41(6-4-33)38-24(21)29(30,31)32/h2-3,5,7,12,14,16,20,23,34,43H,6,8-11,13,15H2,1H3,(H,35,37)/t20-,23+/m0/s1. The predicted octanol–water partition coefficient (Wildman–Crippen LogP) is 2.05. The quantitative estimate of drug-likeness (QED) is 0.293. The van der Waals surface area contributed by atoms with Gasteiger partial charge in [-0.3, -0.25) is 18.7 Å². The molecule has 2 atom stereocenters. The van der Waals surface area contributed by atoms with E-state index in [0.29, 0.717) is 56.1 Å². The summed E-state index contributed by atoms with van der Waals surface area (Å²) in [7, 11) is 0. The molecule has 4 aromatic rings. The normalized spacial score (nSPS) is 18.8. The van der Waals surface area contributed by atoms with E-state index in [-0.39, 0.29) is 41.1 Å². The molecule has 0 radical (unpaired) electrons. The number of aryl methyl sites for hydroxylation is 1. The van der Waals surface area contributed by atoms with E-state index in [1.807, 2.05) is 0 Å². The molecule has 5 heterocycles. The molecule has 0 unspecified atom stereocenters. The Labute approximate surface area is 254 Å². The van der Waals surface area contributed by atoms with Crippen molar-refractivity contribution in [1.29, 1.82) is 5.26 Å². The molecule has 45 heavy (non-hydrogen) atoms. The van der Waals surface area contributed by atoms with Gasteiger partial charge in [0, 0.05) is 69.1 Å². The molecule has 2 aliphatic heterocycles. The maximum atomic E-state index is 13.8. The van der Waals surface area contributed by atoms with Gasteiger partial charge in [-0.15, -0.1) is 0 Å². The van der Waals surface area contributed by atoms with E-state index in [1.54, 1.807) is 41.0 Å². The molecule has 0 bridgehead atoms. The molecule has 0 aliphatic carbocycles. The number of aliphatic hydroxyl groups excluding tert-OH is 1. The van der Waals surface area contributed by atoms with Gasteiger partial charge in [-0.1, -0.05) is 0 Å². The van der Waals surface area contributed by atoms with Crippen LogP contribution in [0.4, 0.5) is 24.7 Å². The molecule has 3 aromatic heterocycles. The van der Waals surface area contributed by atoms with E-state index < -0.39 is 23.9 Å². The number of β-amino-alcohol motifs (C(OH)–C–C–N with tert-alkyl or cyclic N) is 1. The summed E-state index contributed by atoms with van der Waals surface area (Å²) in [5.41, 5.74) is 0.825. The monoisotopic (exact) mass is 622 g/mol. The lowest BCUT2D eigenvalue weighted by Crippen LogP contribution is -2.53. The van der Waals surface area contributed by atoms with Crippen LogP contribution < -0.4 is 10.6 Å². The molecule has 234 valence electrons. The number of aliphatic hydroxyl groups is 1. The Morgan fingerprint density at radius 2 is 1.91 bits per heavy atom. The molecule has 2 aliphatic rings. The summed E-state index contributed by atoms with van der Waals surface area (Å²) in [5, 5.41) is 28.7. The highest BCUT2D eigenvalue weighted by molar-refractivity contribution is 5.96. The number of carbonyl (C=O) groups is 2. The number of piperazine rings is 1. The van der Waals surface area contributed by atoms with Crippen LogP contribution in [0.25, 0.3) is 16.9 Å². The zero-order valence-electron chi connectivity index (χ0n) is 24.1. The Balaban J connectivity index is 1.17. The second kappa shape index (κ2) is 11.8. The van der Waals surface area contributed by atoms with Gasteiger partial charge in [-0.2, -0.15) is 23.5 Å². The summed E-state index contributed by atoms with van der Waals surface area (Å²) in [6.45, 7) is 3.82. The summed E-state index contributed by atoms with van der Waals surface area (Å²) in [6, 6.07) is 6.95. The van der Waals surface area contributed by atoms with Gasteiger partial charge in [-0.25, -0.2) is 9.97 Å². The van der Waals surface area contributed by atoms with Crippen LogP contribution in [0.15, 0.2) is 43.0 Å². The number of nitrogens with zero attached hydrogens (tertiary/aromatic N) is 8. The topological polar surface area (TPSA) is 157 Å².